The van der Waals surface area contributed by atoms with Gasteiger partial charge in [-0.1, -0.05) is 5.92 Å². The number of hydrogen-bond acceptors (Lipinski definition) is 3. The van der Waals surface area contributed by atoms with E-state index in [1.165, 1.54) is 0 Å². The molecule has 0 saturated carbocycles. The van der Waals surface area contributed by atoms with E-state index in [0.29, 0.717) is 0 Å². The first kappa shape index (κ1) is 10.3. The van der Waals surface area contributed by atoms with Gasteiger partial charge in [0.05, 0.1) is 0 Å². The van der Waals surface area contributed by atoms with Crippen LogP contribution in [0.3, 0.4) is 0 Å². The van der Waals surface area contributed by atoms with Crippen molar-refractivity contribution in [2.75, 3.05) is 6.54 Å². The molecule has 1 N–H and O–H groups in total. The highest BCUT2D eigenvalue weighted by molar-refractivity contribution is 6.36. The van der Waals surface area contributed by atoms with Gasteiger partial charge in [0.2, 0.25) is 5.91 Å². The highest BCUT2D eigenvalue weighted by Gasteiger charge is 2.23. The van der Waals surface area contributed by atoms with Gasteiger partial charge in [0.15, 0.2) is 0 Å². The molecule has 0 aromatic carbocycles. The molecule has 1 amide bonds. The van der Waals surface area contributed by atoms with E-state index in [-0.39, 0.29) is 31.0 Å². The second-order valence-corrected chi connectivity index (χ2v) is 2.73. The maximum Gasteiger partial charge on any atom is 0.352 e. The maximum atomic E-state index is 11.2. The van der Waals surface area contributed by atoms with Crippen molar-refractivity contribution in [3.05, 3.63) is 0 Å². The Kier molecular flexibility index (Phi) is 3.24. The lowest BCUT2D eigenvalue weighted by Crippen LogP contribution is -2.34. The quantitative estimate of drug-likeness (QED) is 0.632. The van der Waals surface area contributed by atoms with Crippen molar-refractivity contribution in [1.29, 1.82) is 0 Å². The molecule has 0 fully saturated rings. The number of carboxylic acid groups (broad SMARTS) is 1. The molecule has 1 rings (SSSR count). The minimum atomic E-state index is -1.08. The van der Waals surface area contributed by atoms with Gasteiger partial charge in [-0.05, 0) is 6.92 Å². The van der Waals surface area contributed by atoms with Crippen LogP contribution in [0.15, 0.2) is 5.10 Å². The molecule has 0 aliphatic carbocycles. The zero-order valence-corrected chi connectivity index (χ0v) is 7.78. The van der Waals surface area contributed by atoms with Gasteiger partial charge in [0.1, 0.15) is 12.3 Å². The fraction of sp³-hybridized carbons (Fsp3) is 0.444. The Hall–Kier alpha value is -1.83. The molecule has 0 atom stereocenters. The predicted molar refractivity (Wildman–Crippen MR) is 49.5 cm³/mol. The topological polar surface area (TPSA) is 70.0 Å². The summed E-state index contributed by atoms with van der Waals surface area (Å²) in [6.45, 7) is 1.81. The van der Waals surface area contributed by atoms with E-state index in [1.54, 1.807) is 6.92 Å². The van der Waals surface area contributed by atoms with Crippen LogP contribution < -0.4 is 0 Å². The summed E-state index contributed by atoms with van der Waals surface area (Å²) in [6, 6.07) is 0. The van der Waals surface area contributed by atoms with Crippen LogP contribution in [0.5, 0.6) is 0 Å². The largest absolute Gasteiger partial charge is 0.477 e. The third kappa shape index (κ3) is 2.33. The van der Waals surface area contributed by atoms with Gasteiger partial charge in [-0.15, -0.1) is 5.92 Å². The third-order valence-corrected chi connectivity index (χ3v) is 1.76. The second-order valence-electron chi connectivity index (χ2n) is 2.73. The summed E-state index contributed by atoms with van der Waals surface area (Å²) in [5, 5.41) is 13.5. The van der Waals surface area contributed by atoms with Crippen LogP contribution in [0.4, 0.5) is 0 Å². The van der Waals surface area contributed by atoms with E-state index in [4.69, 9.17) is 5.11 Å². The highest BCUT2D eigenvalue weighted by atomic mass is 16.4. The van der Waals surface area contributed by atoms with Crippen LogP contribution in [-0.2, 0) is 9.59 Å². The van der Waals surface area contributed by atoms with Crippen LogP contribution in [0.25, 0.3) is 0 Å². The van der Waals surface area contributed by atoms with Crippen molar-refractivity contribution >= 4 is 17.6 Å². The van der Waals surface area contributed by atoms with Crippen molar-refractivity contribution in [2.45, 2.75) is 19.8 Å². The van der Waals surface area contributed by atoms with Gasteiger partial charge in [0.25, 0.3) is 0 Å². The third-order valence-electron chi connectivity index (χ3n) is 1.76. The fourth-order valence-electron chi connectivity index (χ4n) is 1.03. The monoisotopic (exact) mass is 194 g/mol. The Bertz CT molecular complexity index is 349. The number of aliphatic carboxylic acids is 1. The molecule has 1 heterocycles. The number of carbonyl (C=O) groups excluding carboxylic acids is 1. The van der Waals surface area contributed by atoms with Gasteiger partial charge in [-0.3, -0.25) is 4.79 Å². The number of nitrogens with zero attached hydrogens (tertiary/aromatic N) is 2. The number of carboxylic acids is 1. The minimum absolute atomic E-state index is 0.0162. The Morgan fingerprint density at radius 2 is 2.36 bits per heavy atom. The number of rotatable bonds is 2. The Labute approximate surface area is 81.4 Å². The van der Waals surface area contributed by atoms with Crippen molar-refractivity contribution in [3.63, 3.8) is 0 Å². The normalized spacial score (nSPS) is 15.6. The van der Waals surface area contributed by atoms with Gasteiger partial charge >= 0.3 is 5.97 Å². The van der Waals surface area contributed by atoms with E-state index >= 15 is 0 Å². The summed E-state index contributed by atoms with van der Waals surface area (Å²) in [5.74, 6) is 4.02. The molecule has 1 aliphatic rings. The van der Waals surface area contributed by atoms with Crippen LogP contribution in [-0.4, -0.2) is 34.2 Å². The first-order chi connectivity index (χ1) is 6.65. The average Bonchev–Trinajstić information content (AvgIpc) is 2.16. The van der Waals surface area contributed by atoms with Gasteiger partial charge in [-0.25, -0.2) is 9.80 Å². The average molecular weight is 194 g/mol. The SMILES string of the molecule is CC#CCN1N=C(C(=O)O)CCC1=O. The Morgan fingerprint density at radius 3 is 2.93 bits per heavy atom. The summed E-state index contributed by atoms with van der Waals surface area (Å²) in [5.41, 5.74) is 0.0162. The van der Waals surface area contributed by atoms with Crippen molar-refractivity contribution in [3.8, 4) is 11.8 Å². The molecule has 0 unspecified atom stereocenters. The van der Waals surface area contributed by atoms with Crippen molar-refractivity contribution in [1.82, 2.24) is 5.01 Å². The van der Waals surface area contributed by atoms with Gasteiger partial charge in [-0.2, -0.15) is 5.10 Å². The molecule has 5 nitrogen and oxygen atoms in total. The van der Waals surface area contributed by atoms with Crippen molar-refractivity contribution in [2.24, 2.45) is 5.10 Å². The molecular weight excluding hydrogens is 184 g/mol. The zero-order valence-electron chi connectivity index (χ0n) is 7.78. The minimum Gasteiger partial charge on any atom is -0.477 e. The molecule has 0 spiro atoms. The lowest BCUT2D eigenvalue weighted by Gasteiger charge is -2.19. The second kappa shape index (κ2) is 4.42. The molecule has 0 bridgehead atoms. The van der Waals surface area contributed by atoms with Crippen molar-refractivity contribution < 1.29 is 14.7 Å². The van der Waals surface area contributed by atoms with E-state index in [2.05, 4.69) is 16.9 Å². The van der Waals surface area contributed by atoms with E-state index in [0.717, 1.165) is 5.01 Å². The Morgan fingerprint density at radius 1 is 1.64 bits per heavy atom. The number of carbonyl (C=O) groups is 2. The molecule has 0 radical (unpaired) electrons. The van der Waals surface area contributed by atoms with E-state index in [1.807, 2.05) is 0 Å². The standard InChI is InChI=1S/C9H10N2O3/c1-2-3-6-11-8(12)5-4-7(10-11)9(13)14/h4-6H2,1H3,(H,13,14). The Balaban J connectivity index is 2.78. The molecule has 1 aliphatic heterocycles. The molecular formula is C9H10N2O3. The fourth-order valence-corrected chi connectivity index (χ4v) is 1.03. The summed E-state index contributed by atoms with van der Waals surface area (Å²) in [7, 11) is 0. The lowest BCUT2D eigenvalue weighted by molar-refractivity contribution is -0.132. The smallest absolute Gasteiger partial charge is 0.352 e. The summed E-state index contributed by atoms with van der Waals surface area (Å²) in [6.07, 6.45) is 0.390. The predicted octanol–water partition coefficient (Wildman–Crippen LogP) is 0.0727. The summed E-state index contributed by atoms with van der Waals surface area (Å²) >= 11 is 0. The molecule has 0 aromatic heterocycles. The molecule has 14 heavy (non-hydrogen) atoms. The first-order valence-electron chi connectivity index (χ1n) is 4.16. The first-order valence-corrected chi connectivity index (χ1v) is 4.16. The maximum absolute atomic E-state index is 11.2. The molecule has 74 valence electrons. The molecule has 0 aromatic rings. The number of hydrazone groups is 1. The summed E-state index contributed by atoms with van der Waals surface area (Å²) in [4.78, 5) is 21.8. The zero-order chi connectivity index (χ0) is 10.6. The van der Waals surface area contributed by atoms with E-state index in [9.17, 15) is 9.59 Å². The number of amides is 1. The van der Waals surface area contributed by atoms with E-state index < -0.39 is 5.97 Å². The number of hydrogen-bond donors (Lipinski definition) is 1. The molecule has 5 heteroatoms. The van der Waals surface area contributed by atoms with Gasteiger partial charge < -0.3 is 5.11 Å². The van der Waals surface area contributed by atoms with Gasteiger partial charge in [0, 0.05) is 12.8 Å². The van der Waals surface area contributed by atoms with Crippen LogP contribution >= 0.6 is 0 Å². The van der Waals surface area contributed by atoms with Crippen LogP contribution in [0.1, 0.15) is 19.8 Å². The highest BCUT2D eigenvalue weighted by Crippen LogP contribution is 2.08. The summed E-state index contributed by atoms with van der Waals surface area (Å²) < 4.78 is 0. The van der Waals surface area contributed by atoms with Crippen LogP contribution in [0, 0.1) is 11.8 Å². The molecule has 0 saturated heterocycles. The van der Waals surface area contributed by atoms with Crippen LogP contribution in [0.2, 0.25) is 0 Å². The lowest BCUT2D eigenvalue weighted by atomic mass is 10.2.